The quantitative estimate of drug-likeness (QED) is 0.821. The standard InChI is InChI=1S/C13H25NO2S/c1-4-11-5-7-12(8-6-11)13(15)14-9-10(2)17(3)16/h10-12H,4-9H2,1-3H3,(H,14,15)/t10-,11?,12?,17+/m0/s1. The van der Waals surface area contributed by atoms with Crippen molar-refractivity contribution in [2.75, 3.05) is 12.8 Å². The minimum absolute atomic E-state index is 0.0472. The summed E-state index contributed by atoms with van der Waals surface area (Å²) in [5.74, 6) is 1.17. The van der Waals surface area contributed by atoms with Gasteiger partial charge in [0, 0.05) is 34.8 Å². The molecular weight excluding hydrogens is 234 g/mol. The number of carbonyl (C=O) groups is 1. The predicted octanol–water partition coefficient (Wildman–Crippen LogP) is 2.09. The van der Waals surface area contributed by atoms with E-state index in [9.17, 15) is 9.00 Å². The van der Waals surface area contributed by atoms with E-state index < -0.39 is 10.8 Å². The maximum Gasteiger partial charge on any atom is 0.223 e. The molecule has 100 valence electrons. The average Bonchev–Trinajstić information content (AvgIpc) is 2.35. The number of hydrogen-bond donors (Lipinski definition) is 1. The molecule has 1 amide bonds. The van der Waals surface area contributed by atoms with E-state index in [4.69, 9.17) is 0 Å². The lowest BCUT2D eigenvalue weighted by atomic mass is 9.80. The molecular formula is C13H25NO2S. The van der Waals surface area contributed by atoms with Crippen LogP contribution in [0.4, 0.5) is 0 Å². The predicted molar refractivity (Wildman–Crippen MR) is 72.3 cm³/mol. The first kappa shape index (κ1) is 14.7. The Morgan fingerprint density at radius 1 is 1.35 bits per heavy atom. The second kappa shape index (κ2) is 7.14. The largest absolute Gasteiger partial charge is 0.355 e. The van der Waals surface area contributed by atoms with Crippen LogP contribution in [0, 0.1) is 11.8 Å². The summed E-state index contributed by atoms with van der Waals surface area (Å²) in [6.07, 6.45) is 7.33. The Bertz CT molecular complexity index is 273. The highest BCUT2D eigenvalue weighted by Gasteiger charge is 2.25. The first-order chi connectivity index (χ1) is 8.04. The van der Waals surface area contributed by atoms with Crippen LogP contribution in [-0.2, 0) is 15.6 Å². The highest BCUT2D eigenvalue weighted by Crippen LogP contribution is 2.30. The summed E-state index contributed by atoms with van der Waals surface area (Å²) in [6, 6.07) is 0. The van der Waals surface area contributed by atoms with Crippen LogP contribution in [0.25, 0.3) is 0 Å². The summed E-state index contributed by atoms with van der Waals surface area (Å²) < 4.78 is 11.2. The minimum Gasteiger partial charge on any atom is -0.355 e. The first-order valence-corrected chi connectivity index (χ1v) is 8.26. The van der Waals surface area contributed by atoms with Crippen molar-refractivity contribution in [3.63, 3.8) is 0 Å². The fourth-order valence-corrected chi connectivity index (χ4v) is 2.66. The van der Waals surface area contributed by atoms with Crippen molar-refractivity contribution in [1.82, 2.24) is 5.32 Å². The number of amides is 1. The molecule has 4 heteroatoms. The Morgan fingerprint density at radius 2 is 1.94 bits per heavy atom. The third kappa shape index (κ3) is 4.78. The van der Waals surface area contributed by atoms with Crippen LogP contribution in [0.2, 0.25) is 0 Å². The molecule has 0 radical (unpaired) electrons. The lowest BCUT2D eigenvalue weighted by Crippen LogP contribution is -2.38. The van der Waals surface area contributed by atoms with Gasteiger partial charge in [0.15, 0.2) is 0 Å². The number of hydrogen-bond acceptors (Lipinski definition) is 2. The zero-order chi connectivity index (χ0) is 12.8. The van der Waals surface area contributed by atoms with Gasteiger partial charge in [-0.2, -0.15) is 0 Å². The SMILES string of the molecule is CCC1CCC(C(=O)NC[C@H](C)[S@@](C)=O)CC1. The summed E-state index contributed by atoms with van der Waals surface area (Å²) >= 11 is 0. The molecule has 1 fully saturated rings. The monoisotopic (exact) mass is 259 g/mol. The molecule has 17 heavy (non-hydrogen) atoms. The molecule has 1 aliphatic carbocycles. The molecule has 0 spiro atoms. The third-order valence-corrected chi connectivity index (χ3v) is 5.23. The maximum atomic E-state index is 11.9. The van der Waals surface area contributed by atoms with Crippen molar-refractivity contribution >= 4 is 16.7 Å². The summed E-state index contributed by atoms with van der Waals surface area (Å²) in [6.45, 7) is 4.67. The van der Waals surface area contributed by atoms with E-state index in [1.54, 1.807) is 6.26 Å². The zero-order valence-electron chi connectivity index (χ0n) is 11.2. The van der Waals surface area contributed by atoms with E-state index in [0.29, 0.717) is 6.54 Å². The summed E-state index contributed by atoms with van der Waals surface area (Å²) in [4.78, 5) is 11.9. The van der Waals surface area contributed by atoms with Crippen LogP contribution in [0.3, 0.4) is 0 Å². The van der Waals surface area contributed by atoms with Gasteiger partial charge >= 0.3 is 0 Å². The van der Waals surface area contributed by atoms with Crippen LogP contribution >= 0.6 is 0 Å². The Kier molecular flexibility index (Phi) is 6.17. The molecule has 2 atom stereocenters. The molecule has 0 bridgehead atoms. The van der Waals surface area contributed by atoms with Crippen LogP contribution in [0.5, 0.6) is 0 Å². The van der Waals surface area contributed by atoms with E-state index in [-0.39, 0.29) is 17.1 Å². The lowest BCUT2D eigenvalue weighted by Gasteiger charge is -2.27. The van der Waals surface area contributed by atoms with Gasteiger partial charge in [-0.1, -0.05) is 13.3 Å². The van der Waals surface area contributed by atoms with Crippen LogP contribution in [-0.4, -0.2) is 28.2 Å². The number of nitrogens with one attached hydrogen (secondary N) is 1. The van der Waals surface area contributed by atoms with E-state index in [1.807, 2.05) is 6.92 Å². The number of carbonyl (C=O) groups excluding carboxylic acids is 1. The lowest BCUT2D eigenvalue weighted by molar-refractivity contribution is -0.126. The Hall–Kier alpha value is -0.380. The summed E-state index contributed by atoms with van der Waals surface area (Å²) in [5.41, 5.74) is 0. The highest BCUT2D eigenvalue weighted by atomic mass is 32.2. The molecule has 0 aromatic carbocycles. The van der Waals surface area contributed by atoms with Crippen LogP contribution < -0.4 is 5.32 Å². The maximum absolute atomic E-state index is 11.9. The van der Waals surface area contributed by atoms with Gasteiger partial charge in [0.1, 0.15) is 0 Å². The smallest absolute Gasteiger partial charge is 0.223 e. The van der Waals surface area contributed by atoms with Gasteiger partial charge in [-0.3, -0.25) is 9.00 Å². The first-order valence-electron chi connectivity index (χ1n) is 6.64. The average molecular weight is 259 g/mol. The van der Waals surface area contributed by atoms with Gasteiger partial charge < -0.3 is 5.32 Å². The highest BCUT2D eigenvalue weighted by molar-refractivity contribution is 7.84. The summed E-state index contributed by atoms with van der Waals surface area (Å²) in [7, 11) is -0.854. The molecule has 0 aliphatic heterocycles. The molecule has 1 aliphatic rings. The van der Waals surface area contributed by atoms with Crippen LogP contribution in [0.1, 0.15) is 46.0 Å². The van der Waals surface area contributed by atoms with Gasteiger partial charge in [-0.25, -0.2) is 0 Å². The van der Waals surface area contributed by atoms with E-state index in [1.165, 1.54) is 19.3 Å². The Balaban J connectivity index is 2.27. The molecule has 0 aromatic heterocycles. The van der Waals surface area contributed by atoms with Crippen LogP contribution in [0.15, 0.2) is 0 Å². The number of rotatable bonds is 5. The van der Waals surface area contributed by atoms with Gasteiger partial charge in [-0.05, 0) is 38.5 Å². The summed E-state index contributed by atoms with van der Waals surface area (Å²) in [5, 5.41) is 2.98. The van der Waals surface area contributed by atoms with Gasteiger partial charge in [-0.15, -0.1) is 0 Å². The van der Waals surface area contributed by atoms with E-state index in [2.05, 4.69) is 12.2 Å². The van der Waals surface area contributed by atoms with E-state index >= 15 is 0 Å². The van der Waals surface area contributed by atoms with Crippen molar-refractivity contribution in [1.29, 1.82) is 0 Å². The molecule has 1 rings (SSSR count). The third-order valence-electron chi connectivity index (χ3n) is 3.93. The van der Waals surface area contributed by atoms with Crippen molar-refractivity contribution in [3.05, 3.63) is 0 Å². The fraction of sp³-hybridized carbons (Fsp3) is 0.923. The second-order valence-electron chi connectivity index (χ2n) is 5.18. The minimum atomic E-state index is -0.854. The topological polar surface area (TPSA) is 46.2 Å². The molecule has 3 nitrogen and oxygen atoms in total. The zero-order valence-corrected chi connectivity index (χ0v) is 12.0. The molecule has 0 saturated heterocycles. The molecule has 0 aromatic rings. The van der Waals surface area contributed by atoms with Gasteiger partial charge in [0.05, 0.1) is 0 Å². The fourth-order valence-electron chi connectivity index (χ4n) is 2.34. The van der Waals surface area contributed by atoms with Gasteiger partial charge in [0.2, 0.25) is 5.91 Å². The van der Waals surface area contributed by atoms with Crippen molar-refractivity contribution in [2.45, 2.75) is 51.2 Å². The second-order valence-corrected chi connectivity index (χ2v) is 6.98. The van der Waals surface area contributed by atoms with Crippen molar-refractivity contribution < 1.29 is 9.00 Å². The van der Waals surface area contributed by atoms with Crippen molar-refractivity contribution in [3.8, 4) is 0 Å². The molecule has 1 N–H and O–H groups in total. The normalized spacial score (nSPS) is 28.4. The van der Waals surface area contributed by atoms with E-state index in [0.717, 1.165) is 18.8 Å². The molecule has 0 heterocycles. The Labute approximate surface area is 107 Å². The molecule has 1 saturated carbocycles. The molecule has 0 unspecified atom stereocenters. The van der Waals surface area contributed by atoms with Gasteiger partial charge in [0.25, 0.3) is 0 Å². The Morgan fingerprint density at radius 3 is 2.41 bits per heavy atom. The van der Waals surface area contributed by atoms with Crippen molar-refractivity contribution in [2.24, 2.45) is 11.8 Å².